The molecule has 0 spiro atoms. The van der Waals surface area contributed by atoms with E-state index < -0.39 is 6.04 Å². The quantitative estimate of drug-likeness (QED) is 0.824. The van der Waals surface area contributed by atoms with Crippen LogP contribution in [0.1, 0.15) is 12.8 Å². The monoisotopic (exact) mass is 273 g/mol. The van der Waals surface area contributed by atoms with Crippen LogP contribution in [0.15, 0.2) is 43.0 Å². The maximum atomic E-state index is 12.2. The Morgan fingerprint density at radius 1 is 1.35 bits per heavy atom. The molecule has 1 aromatic carbocycles. The van der Waals surface area contributed by atoms with E-state index in [1.165, 1.54) is 0 Å². The van der Waals surface area contributed by atoms with E-state index in [2.05, 4.69) is 17.2 Å². The van der Waals surface area contributed by atoms with Crippen LogP contribution in [0.3, 0.4) is 0 Å². The average Bonchev–Trinajstić information content (AvgIpc) is 2.95. The van der Waals surface area contributed by atoms with Crippen molar-refractivity contribution in [3.63, 3.8) is 0 Å². The maximum Gasteiger partial charge on any atom is 0.322 e. The van der Waals surface area contributed by atoms with Gasteiger partial charge >= 0.3 is 6.03 Å². The standard InChI is InChI=1S/C15H19N3O2/c1-2-10-16-14(19)13-9-6-11-18(13)15(20)17-12-7-4-3-5-8-12/h2-5,7-8,13H,1,6,9-11H2,(H,16,19)(H,17,20). The van der Waals surface area contributed by atoms with E-state index in [4.69, 9.17) is 0 Å². The number of rotatable bonds is 4. The van der Waals surface area contributed by atoms with Gasteiger partial charge in [0.05, 0.1) is 0 Å². The van der Waals surface area contributed by atoms with Crippen molar-refractivity contribution in [2.24, 2.45) is 0 Å². The van der Waals surface area contributed by atoms with Gasteiger partial charge in [-0.25, -0.2) is 4.79 Å². The number of benzene rings is 1. The Kier molecular flexibility index (Phi) is 4.76. The molecule has 1 heterocycles. The smallest absolute Gasteiger partial charge is 0.322 e. The summed E-state index contributed by atoms with van der Waals surface area (Å²) in [6, 6.07) is 8.62. The molecule has 1 atom stereocenters. The fraction of sp³-hybridized carbons (Fsp3) is 0.333. The Hall–Kier alpha value is -2.30. The molecule has 2 N–H and O–H groups in total. The predicted molar refractivity (Wildman–Crippen MR) is 78.4 cm³/mol. The van der Waals surface area contributed by atoms with Crippen LogP contribution < -0.4 is 10.6 Å². The molecule has 0 radical (unpaired) electrons. The van der Waals surface area contributed by atoms with Crippen molar-refractivity contribution in [3.05, 3.63) is 43.0 Å². The van der Waals surface area contributed by atoms with Gasteiger partial charge in [-0.1, -0.05) is 24.3 Å². The number of nitrogens with one attached hydrogen (secondary N) is 2. The molecular weight excluding hydrogens is 254 g/mol. The van der Waals surface area contributed by atoms with E-state index in [9.17, 15) is 9.59 Å². The van der Waals surface area contributed by atoms with E-state index in [0.717, 1.165) is 12.1 Å². The fourth-order valence-corrected chi connectivity index (χ4v) is 2.29. The maximum absolute atomic E-state index is 12.2. The number of para-hydroxylation sites is 1. The minimum atomic E-state index is -0.390. The lowest BCUT2D eigenvalue weighted by atomic mass is 10.2. The normalized spacial score (nSPS) is 17.6. The second kappa shape index (κ2) is 6.75. The molecule has 0 aliphatic carbocycles. The third kappa shape index (κ3) is 3.38. The van der Waals surface area contributed by atoms with Gasteiger partial charge in [0, 0.05) is 18.8 Å². The number of carbonyl (C=O) groups excluding carboxylic acids is 2. The van der Waals surface area contributed by atoms with Crippen molar-refractivity contribution in [2.75, 3.05) is 18.4 Å². The van der Waals surface area contributed by atoms with Gasteiger partial charge in [0.1, 0.15) is 6.04 Å². The zero-order valence-electron chi connectivity index (χ0n) is 11.3. The molecule has 1 aromatic rings. The minimum absolute atomic E-state index is 0.120. The zero-order valence-corrected chi connectivity index (χ0v) is 11.3. The van der Waals surface area contributed by atoms with Crippen molar-refractivity contribution < 1.29 is 9.59 Å². The molecule has 1 saturated heterocycles. The number of hydrogen-bond donors (Lipinski definition) is 2. The Bertz CT molecular complexity index is 487. The first-order valence-corrected chi connectivity index (χ1v) is 6.73. The first-order valence-electron chi connectivity index (χ1n) is 6.73. The summed E-state index contributed by atoms with van der Waals surface area (Å²) in [6.45, 7) is 4.58. The third-order valence-corrected chi connectivity index (χ3v) is 3.26. The van der Waals surface area contributed by atoms with Gasteiger partial charge < -0.3 is 15.5 Å². The zero-order chi connectivity index (χ0) is 14.4. The number of likely N-dealkylation sites (tertiary alicyclic amines) is 1. The summed E-state index contributed by atoms with van der Waals surface area (Å²) in [7, 11) is 0. The minimum Gasteiger partial charge on any atom is -0.351 e. The van der Waals surface area contributed by atoms with Crippen molar-refractivity contribution in [1.82, 2.24) is 10.2 Å². The first-order chi connectivity index (χ1) is 9.72. The molecule has 0 bridgehead atoms. The molecule has 1 fully saturated rings. The summed E-state index contributed by atoms with van der Waals surface area (Å²) >= 11 is 0. The number of anilines is 1. The molecule has 0 aromatic heterocycles. The van der Waals surface area contributed by atoms with Gasteiger partial charge in [-0.3, -0.25) is 4.79 Å². The molecule has 3 amide bonds. The molecule has 0 saturated carbocycles. The van der Waals surface area contributed by atoms with Crippen LogP contribution in [0.4, 0.5) is 10.5 Å². The Morgan fingerprint density at radius 3 is 2.80 bits per heavy atom. The van der Waals surface area contributed by atoms with E-state index in [-0.39, 0.29) is 11.9 Å². The van der Waals surface area contributed by atoms with Gasteiger partial charge in [0.2, 0.25) is 5.91 Å². The Morgan fingerprint density at radius 2 is 2.10 bits per heavy atom. The van der Waals surface area contributed by atoms with Gasteiger partial charge in [0.25, 0.3) is 0 Å². The van der Waals surface area contributed by atoms with Crippen molar-refractivity contribution >= 4 is 17.6 Å². The molecule has 5 nitrogen and oxygen atoms in total. The van der Waals surface area contributed by atoms with Crippen LogP contribution in [0.5, 0.6) is 0 Å². The highest BCUT2D eigenvalue weighted by molar-refractivity contribution is 5.94. The first kappa shape index (κ1) is 14.1. The van der Waals surface area contributed by atoms with Gasteiger partial charge in [-0.2, -0.15) is 0 Å². The van der Waals surface area contributed by atoms with Crippen LogP contribution in [0, 0.1) is 0 Å². The van der Waals surface area contributed by atoms with E-state index in [1.54, 1.807) is 11.0 Å². The molecule has 1 aliphatic rings. The predicted octanol–water partition coefficient (Wildman–Crippen LogP) is 1.99. The molecule has 5 heteroatoms. The molecule has 106 valence electrons. The van der Waals surface area contributed by atoms with Gasteiger partial charge in [-0.05, 0) is 25.0 Å². The Balaban J connectivity index is 1.97. The van der Waals surface area contributed by atoms with Crippen molar-refractivity contribution in [1.29, 1.82) is 0 Å². The van der Waals surface area contributed by atoms with E-state index in [1.807, 2.05) is 30.3 Å². The van der Waals surface area contributed by atoms with Gasteiger partial charge in [-0.15, -0.1) is 6.58 Å². The molecule has 1 unspecified atom stereocenters. The topological polar surface area (TPSA) is 61.4 Å². The third-order valence-electron chi connectivity index (χ3n) is 3.26. The Labute approximate surface area is 118 Å². The highest BCUT2D eigenvalue weighted by Gasteiger charge is 2.33. The lowest BCUT2D eigenvalue weighted by molar-refractivity contribution is -0.124. The fourth-order valence-electron chi connectivity index (χ4n) is 2.29. The van der Waals surface area contributed by atoms with Crippen LogP contribution in [0.2, 0.25) is 0 Å². The van der Waals surface area contributed by atoms with Crippen LogP contribution in [-0.4, -0.2) is 36.0 Å². The van der Waals surface area contributed by atoms with Crippen molar-refractivity contribution in [2.45, 2.75) is 18.9 Å². The number of amides is 3. The van der Waals surface area contributed by atoms with Crippen molar-refractivity contribution in [3.8, 4) is 0 Å². The number of urea groups is 1. The summed E-state index contributed by atoms with van der Waals surface area (Å²) in [5.41, 5.74) is 0.731. The lowest BCUT2D eigenvalue weighted by Crippen LogP contribution is -2.47. The lowest BCUT2D eigenvalue weighted by Gasteiger charge is -2.24. The van der Waals surface area contributed by atoms with Crippen LogP contribution >= 0.6 is 0 Å². The van der Waals surface area contributed by atoms with Crippen LogP contribution in [-0.2, 0) is 4.79 Å². The summed E-state index contributed by atoms with van der Waals surface area (Å²) in [5, 5.41) is 5.56. The highest BCUT2D eigenvalue weighted by atomic mass is 16.2. The highest BCUT2D eigenvalue weighted by Crippen LogP contribution is 2.19. The summed E-state index contributed by atoms with van der Waals surface area (Å²) in [6.07, 6.45) is 3.17. The number of carbonyl (C=O) groups is 2. The van der Waals surface area contributed by atoms with E-state index >= 15 is 0 Å². The van der Waals surface area contributed by atoms with Gasteiger partial charge in [0.15, 0.2) is 0 Å². The summed E-state index contributed by atoms with van der Waals surface area (Å²) in [5.74, 6) is -0.120. The van der Waals surface area contributed by atoms with E-state index in [0.29, 0.717) is 19.5 Å². The molecule has 1 aliphatic heterocycles. The number of hydrogen-bond acceptors (Lipinski definition) is 2. The van der Waals surface area contributed by atoms with Crippen LogP contribution in [0.25, 0.3) is 0 Å². The summed E-state index contributed by atoms with van der Waals surface area (Å²) in [4.78, 5) is 25.8. The molecule has 20 heavy (non-hydrogen) atoms. The number of nitrogens with zero attached hydrogens (tertiary/aromatic N) is 1. The SMILES string of the molecule is C=CCNC(=O)C1CCCN1C(=O)Nc1ccccc1. The largest absolute Gasteiger partial charge is 0.351 e. The molecular formula is C15H19N3O2. The second-order valence-electron chi connectivity index (χ2n) is 4.68. The summed E-state index contributed by atoms with van der Waals surface area (Å²) < 4.78 is 0. The second-order valence-corrected chi connectivity index (χ2v) is 4.68. The average molecular weight is 273 g/mol. The molecule has 2 rings (SSSR count).